The van der Waals surface area contributed by atoms with E-state index < -0.39 is 10.0 Å². The summed E-state index contributed by atoms with van der Waals surface area (Å²) in [6.45, 7) is 3.91. The average Bonchev–Trinajstić information content (AvgIpc) is 2.64. The van der Waals surface area contributed by atoms with Crippen LogP contribution in [0.25, 0.3) is 0 Å². The smallest absolute Gasteiger partial charge is 0.254 e. The van der Waals surface area contributed by atoms with E-state index in [1.54, 1.807) is 4.31 Å². The third kappa shape index (κ3) is 2.31. The van der Waals surface area contributed by atoms with Gasteiger partial charge < -0.3 is 5.73 Å². The zero-order chi connectivity index (χ0) is 12.6. The number of anilines is 1. The van der Waals surface area contributed by atoms with Crippen molar-refractivity contribution < 1.29 is 8.42 Å². The molecule has 2 N–H and O–H groups in total. The highest BCUT2D eigenvalue weighted by Crippen LogP contribution is 2.32. The number of rotatable bonds is 2. The summed E-state index contributed by atoms with van der Waals surface area (Å²) in [7, 11) is -3.43. The predicted molar refractivity (Wildman–Crippen MR) is 68.3 cm³/mol. The first-order valence-electron chi connectivity index (χ1n) is 5.68. The summed E-state index contributed by atoms with van der Waals surface area (Å²) in [5.41, 5.74) is 5.50. The maximum atomic E-state index is 12.5. The van der Waals surface area contributed by atoms with E-state index in [0.717, 1.165) is 30.6 Å². The molecule has 0 aromatic carbocycles. The highest BCUT2D eigenvalue weighted by atomic mass is 32.2. The molecular weight excluding hydrogens is 258 g/mol. The molecule has 0 bridgehead atoms. The van der Waals surface area contributed by atoms with Crippen LogP contribution in [-0.2, 0) is 10.0 Å². The fourth-order valence-corrected chi connectivity index (χ4v) is 5.27. The molecular formula is C10H17N3O2S2. The molecule has 2 heterocycles. The number of nitrogen functional groups attached to an aromatic ring is 1. The van der Waals surface area contributed by atoms with Crippen LogP contribution in [0.5, 0.6) is 0 Å². The number of thiazole rings is 1. The molecule has 17 heavy (non-hydrogen) atoms. The normalized spacial score (nSPS) is 27.2. The summed E-state index contributed by atoms with van der Waals surface area (Å²) in [5, 5.41) is 0.292. The zero-order valence-corrected chi connectivity index (χ0v) is 11.6. The van der Waals surface area contributed by atoms with Crippen molar-refractivity contribution in [2.45, 2.75) is 49.4 Å². The van der Waals surface area contributed by atoms with Gasteiger partial charge in [-0.3, -0.25) is 0 Å². The molecule has 0 radical (unpaired) electrons. The van der Waals surface area contributed by atoms with Gasteiger partial charge in [-0.15, -0.1) is 0 Å². The van der Waals surface area contributed by atoms with Crippen LogP contribution in [0.2, 0.25) is 0 Å². The highest BCUT2D eigenvalue weighted by Gasteiger charge is 2.36. The Hall–Kier alpha value is -0.660. The van der Waals surface area contributed by atoms with Crippen LogP contribution in [0.1, 0.15) is 33.1 Å². The first-order valence-corrected chi connectivity index (χ1v) is 7.93. The van der Waals surface area contributed by atoms with Crippen LogP contribution in [0.15, 0.2) is 10.4 Å². The molecule has 0 spiro atoms. The Labute approximate surface area is 106 Å². The fourth-order valence-electron chi connectivity index (χ4n) is 2.37. The van der Waals surface area contributed by atoms with Crippen LogP contribution in [0.4, 0.5) is 5.13 Å². The number of piperidine rings is 1. The van der Waals surface area contributed by atoms with E-state index in [1.165, 1.54) is 6.20 Å². The predicted octanol–water partition coefficient (Wildman–Crippen LogP) is 1.68. The number of sulfonamides is 1. The lowest BCUT2D eigenvalue weighted by molar-refractivity contribution is 0.204. The quantitative estimate of drug-likeness (QED) is 0.891. The number of hydrogen-bond acceptors (Lipinski definition) is 5. The van der Waals surface area contributed by atoms with E-state index in [1.807, 2.05) is 13.8 Å². The van der Waals surface area contributed by atoms with E-state index in [-0.39, 0.29) is 16.3 Å². The standard InChI is InChI=1S/C10H17N3O2S2/c1-7-4-3-5-8(2)13(7)17(14,15)9-6-12-10(11)16-9/h6-8H,3-5H2,1-2H3,(H2,11,12)/t7-,8+. The van der Waals surface area contributed by atoms with E-state index in [0.29, 0.717) is 5.13 Å². The van der Waals surface area contributed by atoms with Crippen molar-refractivity contribution in [2.75, 3.05) is 5.73 Å². The van der Waals surface area contributed by atoms with Crippen molar-refractivity contribution in [1.82, 2.24) is 9.29 Å². The van der Waals surface area contributed by atoms with Gasteiger partial charge >= 0.3 is 0 Å². The van der Waals surface area contributed by atoms with Crippen molar-refractivity contribution >= 4 is 26.5 Å². The van der Waals surface area contributed by atoms with Gasteiger partial charge in [-0.25, -0.2) is 13.4 Å². The maximum Gasteiger partial charge on any atom is 0.254 e. The van der Waals surface area contributed by atoms with Gasteiger partial charge in [0.05, 0.1) is 6.20 Å². The van der Waals surface area contributed by atoms with Gasteiger partial charge in [-0.05, 0) is 26.7 Å². The molecule has 1 aliphatic heterocycles. The molecule has 0 saturated carbocycles. The van der Waals surface area contributed by atoms with E-state index in [4.69, 9.17) is 5.73 Å². The molecule has 96 valence electrons. The summed E-state index contributed by atoms with van der Waals surface area (Å²) < 4.78 is 26.8. The molecule has 1 aromatic heterocycles. The summed E-state index contributed by atoms with van der Waals surface area (Å²) in [5.74, 6) is 0. The van der Waals surface area contributed by atoms with Gasteiger partial charge in [-0.1, -0.05) is 17.8 Å². The van der Waals surface area contributed by atoms with E-state index in [2.05, 4.69) is 4.98 Å². The maximum absolute atomic E-state index is 12.5. The second-order valence-corrected chi connectivity index (χ2v) is 7.61. The van der Waals surface area contributed by atoms with Gasteiger partial charge in [0.2, 0.25) is 0 Å². The Morgan fingerprint density at radius 3 is 2.47 bits per heavy atom. The molecule has 0 unspecified atom stereocenters. The summed E-state index contributed by atoms with van der Waals surface area (Å²) in [6, 6.07) is 0.0964. The summed E-state index contributed by atoms with van der Waals surface area (Å²) >= 11 is 1.03. The van der Waals surface area contributed by atoms with E-state index >= 15 is 0 Å². The zero-order valence-electron chi connectivity index (χ0n) is 9.96. The average molecular weight is 275 g/mol. The SMILES string of the molecule is C[C@@H]1CCC[C@H](C)N1S(=O)(=O)c1cnc(N)s1. The molecule has 1 saturated heterocycles. The van der Waals surface area contributed by atoms with Gasteiger partial charge in [0, 0.05) is 12.1 Å². The topological polar surface area (TPSA) is 76.3 Å². The number of nitrogens with zero attached hydrogens (tertiary/aromatic N) is 2. The van der Waals surface area contributed by atoms with Crippen molar-refractivity contribution in [1.29, 1.82) is 0 Å². The second kappa shape index (κ2) is 4.55. The third-order valence-corrected chi connectivity index (χ3v) is 6.54. The lowest BCUT2D eigenvalue weighted by atomic mass is 10.0. The van der Waals surface area contributed by atoms with E-state index in [9.17, 15) is 8.42 Å². The van der Waals surface area contributed by atoms with Crippen molar-refractivity contribution in [2.24, 2.45) is 0 Å². The Morgan fingerprint density at radius 2 is 2.00 bits per heavy atom. The van der Waals surface area contributed by atoms with Crippen molar-refractivity contribution in [3.63, 3.8) is 0 Å². The van der Waals surface area contributed by atoms with Crippen LogP contribution in [0.3, 0.4) is 0 Å². The Morgan fingerprint density at radius 1 is 1.41 bits per heavy atom. The molecule has 0 amide bonds. The highest BCUT2D eigenvalue weighted by molar-refractivity contribution is 7.91. The minimum absolute atomic E-state index is 0.0482. The summed E-state index contributed by atoms with van der Waals surface area (Å²) in [4.78, 5) is 3.82. The molecule has 0 aliphatic carbocycles. The molecule has 1 aliphatic rings. The number of nitrogens with two attached hydrogens (primary N) is 1. The first-order chi connectivity index (χ1) is 7.93. The lowest BCUT2D eigenvalue weighted by Gasteiger charge is -2.37. The molecule has 1 fully saturated rings. The second-order valence-electron chi connectivity index (χ2n) is 4.48. The van der Waals surface area contributed by atoms with Gasteiger partial charge in [-0.2, -0.15) is 4.31 Å². The number of hydrogen-bond donors (Lipinski definition) is 1. The molecule has 7 heteroatoms. The Balaban J connectivity index is 2.37. The minimum Gasteiger partial charge on any atom is -0.375 e. The minimum atomic E-state index is -3.43. The van der Waals surface area contributed by atoms with Crippen LogP contribution in [0, 0.1) is 0 Å². The number of aromatic nitrogens is 1. The third-order valence-electron chi connectivity index (χ3n) is 3.15. The van der Waals surface area contributed by atoms with Crippen molar-refractivity contribution in [3.05, 3.63) is 6.20 Å². The van der Waals surface area contributed by atoms with Crippen LogP contribution >= 0.6 is 11.3 Å². The van der Waals surface area contributed by atoms with Gasteiger partial charge in [0.15, 0.2) is 9.34 Å². The molecule has 5 nitrogen and oxygen atoms in total. The fraction of sp³-hybridized carbons (Fsp3) is 0.700. The van der Waals surface area contributed by atoms with Crippen molar-refractivity contribution in [3.8, 4) is 0 Å². The van der Waals surface area contributed by atoms with Gasteiger partial charge in [0.25, 0.3) is 10.0 Å². The largest absolute Gasteiger partial charge is 0.375 e. The Bertz CT molecular complexity index is 487. The van der Waals surface area contributed by atoms with Crippen LogP contribution < -0.4 is 5.73 Å². The monoisotopic (exact) mass is 275 g/mol. The molecule has 2 atom stereocenters. The molecule has 1 aromatic rings. The molecule has 2 rings (SSSR count). The Kier molecular flexibility index (Phi) is 3.42. The van der Waals surface area contributed by atoms with Crippen LogP contribution in [-0.4, -0.2) is 29.8 Å². The summed E-state index contributed by atoms with van der Waals surface area (Å²) in [6.07, 6.45) is 4.26. The first kappa shape index (κ1) is 12.8. The van der Waals surface area contributed by atoms with Gasteiger partial charge in [0.1, 0.15) is 0 Å². The lowest BCUT2D eigenvalue weighted by Crippen LogP contribution is -2.47.